The van der Waals surface area contributed by atoms with Crippen LogP contribution in [-0.2, 0) is 6.42 Å². The molecule has 0 bridgehead atoms. The van der Waals surface area contributed by atoms with Crippen LogP contribution in [0.25, 0.3) is 0 Å². The first-order valence-corrected chi connectivity index (χ1v) is 9.23. The molecule has 0 saturated carbocycles. The molecular weight excluding hydrogens is 361 g/mol. The smallest absolute Gasteiger partial charge is 0.191 e. The number of halogens is 1. The number of hydrogen-bond acceptors (Lipinski definition) is 4. The summed E-state index contributed by atoms with van der Waals surface area (Å²) in [7, 11) is 3.13. The van der Waals surface area contributed by atoms with Gasteiger partial charge < -0.3 is 25.2 Å². The maximum absolute atomic E-state index is 13.0. The van der Waals surface area contributed by atoms with Crippen molar-refractivity contribution in [2.24, 2.45) is 4.99 Å². The van der Waals surface area contributed by atoms with Gasteiger partial charge in [0.05, 0.1) is 26.9 Å². The third kappa shape index (κ3) is 6.74. The van der Waals surface area contributed by atoms with Crippen molar-refractivity contribution in [3.05, 3.63) is 59.4 Å². The van der Waals surface area contributed by atoms with Crippen LogP contribution in [0, 0.1) is 5.82 Å². The minimum Gasteiger partial charge on any atom is -0.497 e. The van der Waals surface area contributed by atoms with E-state index in [4.69, 9.17) is 9.47 Å². The first kappa shape index (κ1) is 21.5. The SMILES string of the molecule is CCNC(=NCC(O)c1cc(OC)cc(OC)c1)NCCc1ccc(F)cc1. The van der Waals surface area contributed by atoms with Crippen LogP contribution in [0.5, 0.6) is 11.5 Å². The number of aliphatic hydroxyl groups is 1. The molecule has 0 aromatic heterocycles. The maximum Gasteiger partial charge on any atom is 0.191 e. The van der Waals surface area contributed by atoms with E-state index in [0.717, 1.165) is 12.0 Å². The molecule has 6 nitrogen and oxygen atoms in total. The second-order valence-electron chi connectivity index (χ2n) is 6.18. The second-order valence-corrected chi connectivity index (χ2v) is 6.18. The molecule has 7 heteroatoms. The maximum atomic E-state index is 13.0. The monoisotopic (exact) mass is 389 g/mol. The summed E-state index contributed by atoms with van der Waals surface area (Å²) in [5.74, 6) is 1.59. The molecule has 0 aliphatic heterocycles. The molecule has 0 aliphatic rings. The minimum atomic E-state index is -0.795. The van der Waals surface area contributed by atoms with Crippen LogP contribution in [-0.4, -0.2) is 44.9 Å². The fourth-order valence-corrected chi connectivity index (χ4v) is 2.62. The van der Waals surface area contributed by atoms with Gasteiger partial charge in [-0.15, -0.1) is 0 Å². The lowest BCUT2D eigenvalue weighted by atomic mass is 10.1. The Kier molecular flexibility index (Phi) is 8.55. The average Bonchev–Trinajstić information content (AvgIpc) is 2.72. The highest BCUT2D eigenvalue weighted by Crippen LogP contribution is 2.26. The standard InChI is InChI=1S/C21H28FN3O3/c1-4-23-21(24-10-9-15-5-7-17(22)8-6-15)25-14-20(26)16-11-18(27-2)13-19(12-16)28-3/h5-8,11-13,20,26H,4,9-10,14H2,1-3H3,(H2,23,24,25). The van der Waals surface area contributed by atoms with Crippen LogP contribution in [0.2, 0.25) is 0 Å². The Morgan fingerprint density at radius 3 is 2.29 bits per heavy atom. The summed E-state index contributed by atoms with van der Waals surface area (Å²) in [4.78, 5) is 4.45. The number of hydrogen-bond donors (Lipinski definition) is 3. The van der Waals surface area contributed by atoms with Gasteiger partial charge in [-0.05, 0) is 48.7 Å². The number of aliphatic hydroxyl groups excluding tert-OH is 1. The first-order valence-electron chi connectivity index (χ1n) is 9.23. The van der Waals surface area contributed by atoms with Crippen LogP contribution < -0.4 is 20.1 Å². The summed E-state index contributed by atoms with van der Waals surface area (Å²) < 4.78 is 23.4. The average molecular weight is 389 g/mol. The van der Waals surface area contributed by atoms with Crippen LogP contribution in [0.15, 0.2) is 47.5 Å². The molecular formula is C21H28FN3O3. The molecule has 0 heterocycles. The number of nitrogens with zero attached hydrogens (tertiary/aromatic N) is 1. The van der Waals surface area contributed by atoms with E-state index in [0.29, 0.717) is 36.1 Å². The Hall–Kier alpha value is -2.80. The number of ether oxygens (including phenoxy) is 2. The normalized spacial score (nSPS) is 12.4. The third-order valence-electron chi connectivity index (χ3n) is 4.14. The zero-order chi connectivity index (χ0) is 20.4. The van der Waals surface area contributed by atoms with E-state index in [1.165, 1.54) is 12.1 Å². The second kappa shape index (κ2) is 11.1. The minimum absolute atomic E-state index is 0.183. The molecule has 0 saturated heterocycles. The molecule has 0 aliphatic carbocycles. The molecule has 0 radical (unpaired) electrons. The van der Waals surface area contributed by atoms with E-state index in [1.807, 2.05) is 6.92 Å². The topological polar surface area (TPSA) is 75.1 Å². The van der Waals surface area contributed by atoms with Crippen molar-refractivity contribution in [2.75, 3.05) is 33.9 Å². The lowest BCUT2D eigenvalue weighted by molar-refractivity contribution is 0.186. The van der Waals surface area contributed by atoms with Gasteiger partial charge in [0.2, 0.25) is 0 Å². The molecule has 1 unspecified atom stereocenters. The summed E-state index contributed by atoms with van der Waals surface area (Å²) >= 11 is 0. The van der Waals surface area contributed by atoms with Gasteiger partial charge in [-0.25, -0.2) is 4.39 Å². The zero-order valence-corrected chi connectivity index (χ0v) is 16.5. The summed E-state index contributed by atoms with van der Waals surface area (Å²) in [6.07, 6.45) is -0.0584. The number of benzene rings is 2. The highest BCUT2D eigenvalue weighted by Gasteiger charge is 2.11. The van der Waals surface area contributed by atoms with Gasteiger partial charge >= 0.3 is 0 Å². The Labute approximate surface area is 165 Å². The zero-order valence-electron chi connectivity index (χ0n) is 16.5. The summed E-state index contributed by atoms with van der Waals surface area (Å²) in [6.45, 7) is 3.49. The predicted molar refractivity (Wildman–Crippen MR) is 109 cm³/mol. The van der Waals surface area contributed by atoms with Gasteiger partial charge in [0.15, 0.2) is 5.96 Å². The molecule has 3 N–H and O–H groups in total. The van der Waals surface area contributed by atoms with Crippen molar-refractivity contribution in [1.29, 1.82) is 0 Å². The number of nitrogens with one attached hydrogen (secondary N) is 2. The van der Waals surface area contributed by atoms with Gasteiger partial charge in [-0.2, -0.15) is 0 Å². The van der Waals surface area contributed by atoms with E-state index < -0.39 is 6.10 Å². The fraction of sp³-hybridized carbons (Fsp3) is 0.381. The van der Waals surface area contributed by atoms with Crippen LogP contribution >= 0.6 is 0 Å². The Bertz CT molecular complexity index is 744. The van der Waals surface area contributed by atoms with Gasteiger partial charge in [0, 0.05) is 19.2 Å². The quantitative estimate of drug-likeness (QED) is 0.454. The third-order valence-corrected chi connectivity index (χ3v) is 4.14. The molecule has 0 spiro atoms. The number of methoxy groups -OCH3 is 2. The summed E-state index contributed by atoms with van der Waals surface area (Å²) in [6, 6.07) is 11.7. The highest BCUT2D eigenvalue weighted by molar-refractivity contribution is 5.79. The van der Waals surface area contributed by atoms with Crippen molar-refractivity contribution < 1.29 is 19.0 Å². The van der Waals surface area contributed by atoms with Gasteiger partial charge in [0.1, 0.15) is 17.3 Å². The Balaban J connectivity index is 1.96. The van der Waals surface area contributed by atoms with Crippen LogP contribution in [0.4, 0.5) is 4.39 Å². The first-order chi connectivity index (χ1) is 13.5. The summed E-state index contributed by atoms with van der Waals surface area (Å²) in [5.41, 5.74) is 1.70. The Morgan fingerprint density at radius 2 is 1.71 bits per heavy atom. The van der Waals surface area contributed by atoms with E-state index in [-0.39, 0.29) is 12.4 Å². The van der Waals surface area contributed by atoms with E-state index >= 15 is 0 Å². The molecule has 0 fully saturated rings. The fourth-order valence-electron chi connectivity index (χ4n) is 2.62. The van der Waals surface area contributed by atoms with Gasteiger partial charge in [-0.3, -0.25) is 4.99 Å². The van der Waals surface area contributed by atoms with Crippen molar-refractivity contribution in [3.8, 4) is 11.5 Å². The number of aliphatic imine (C=N–C) groups is 1. The number of guanidine groups is 1. The molecule has 28 heavy (non-hydrogen) atoms. The lowest BCUT2D eigenvalue weighted by Crippen LogP contribution is -2.38. The molecule has 152 valence electrons. The lowest BCUT2D eigenvalue weighted by Gasteiger charge is -2.15. The van der Waals surface area contributed by atoms with Gasteiger partial charge in [0.25, 0.3) is 0 Å². The van der Waals surface area contributed by atoms with Gasteiger partial charge in [-0.1, -0.05) is 12.1 Å². The molecule has 2 rings (SSSR count). The molecule has 0 amide bonds. The largest absolute Gasteiger partial charge is 0.497 e. The van der Waals surface area contributed by atoms with E-state index in [1.54, 1.807) is 44.6 Å². The van der Waals surface area contributed by atoms with E-state index in [9.17, 15) is 9.50 Å². The number of rotatable bonds is 9. The van der Waals surface area contributed by atoms with Crippen LogP contribution in [0.1, 0.15) is 24.2 Å². The highest BCUT2D eigenvalue weighted by atomic mass is 19.1. The molecule has 2 aromatic rings. The summed E-state index contributed by atoms with van der Waals surface area (Å²) in [5, 5.41) is 16.9. The van der Waals surface area contributed by atoms with Crippen molar-refractivity contribution in [1.82, 2.24) is 10.6 Å². The van der Waals surface area contributed by atoms with Crippen molar-refractivity contribution >= 4 is 5.96 Å². The van der Waals surface area contributed by atoms with Crippen molar-refractivity contribution in [3.63, 3.8) is 0 Å². The van der Waals surface area contributed by atoms with E-state index in [2.05, 4.69) is 15.6 Å². The molecule has 2 aromatic carbocycles. The van der Waals surface area contributed by atoms with Crippen molar-refractivity contribution in [2.45, 2.75) is 19.4 Å². The molecule has 1 atom stereocenters. The Morgan fingerprint density at radius 1 is 1.07 bits per heavy atom. The predicted octanol–water partition coefficient (Wildman–Crippen LogP) is 2.67. The van der Waals surface area contributed by atoms with Crippen LogP contribution in [0.3, 0.4) is 0 Å².